The minimum Gasteiger partial charge on any atom is -0.310 e. The van der Waals surface area contributed by atoms with Crippen LogP contribution in [-0.4, -0.2) is 6.54 Å². The second kappa shape index (κ2) is 6.21. The molecule has 0 saturated heterocycles. The van der Waals surface area contributed by atoms with E-state index in [1.807, 2.05) is 13.0 Å². The lowest BCUT2D eigenvalue weighted by Crippen LogP contribution is -2.19. The van der Waals surface area contributed by atoms with E-state index in [0.717, 1.165) is 24.9 Å². The molecule has 0 aliphatic heterocycles. The largest absolute Gasteiger partial charge is 0.310 e. The zero-order chi connectivity index (χ0) is 11.1. The topological polar surface area (TPSA) is 12.0 Å². The van der Waals surface area contributed by atoms with E-state index in [9.17, 15) is 4.39 Å². The van der Waals surface area contributed by atoms with Crippen molar-refractivity contribution in [1.82, 2.24) is 5.32 Å². The van der Waals surface area contributed by atoms with Crippen LogP contribution < -0.4 is 5.32 Å². The molecule has 0 unspecified atom stereocenters. The first-order chi connectivity index (χ1) is 7.24. The molecule has 0 aromatic heterocycles. The molecule has 0 aliphatic carbocycles. The van der Waals surface area contributed by atoms with Crippen LogP contribution in [0.2, 0.25) is 0 Å². The van der Waals surface area contributed by atoms with Gasteiger partial charge in [-0.3, -0.25) is 0 Å². The van der Waals surface area contributed by atoms with E-state index in [1.54, 1.807) is 12.1 Å². The van der Waals surface area contributed by atoms with Crippen LogP contribution in [0.4, 0.5) is 4.39 Å². The van der Waals surface area contributed by atoms with Crippen LogP contribution >= 0.6 is 0 Å². The van der Waals surface area contributed by atoms with E-state index in [1.165, 1.54) is 6.07 Å². The number of terminal acetylenes is 1. The van der Waals surface area contributed by atoms with E-state index in [2.05, 4.69) is 11.2 Å². The highest BCUT2D eigenvalue weighted by atomic mass is 19.1. The zero-order valence-corrected chi connectivity index (χ0v) is 8.96. The standard InChI is InChI=1S/C13H16FN/c1-3-4-5-9-15-11(2)12-7-6-8-13(14)10-12/h1,6-8,10-11,15H,4-5,9H2,2H3/t11-/m0/s1. The molecule has 0 amide bonds. The van der Waals surface area contributed by atoms with Crippen LogP contribution in [0, 0.1) is 18.2 Å². The summed E-state index contributed by atoms with van der Waals surface area (Å²) in [6.07, 6.45) is 6.88. The maximum absolute atomic E-state index is 12.9. The van der Waals surface area contributed by atoms with Crippen molar-refractivity contribution in [2.24, 2.45) is 0 Å². The molecule has 0 radical (unpaired) electrons. The Hall–Kier alpha value is -1.33. The van der Waals surface area contributed by atoms with E-state index in [0.29, 0.717) is 0 Å². The average molecular weight is 205 g/mol. The fourth-order valence-corrected chi connectivity index (χ4v) is 1.40. The third-order valence-corrected chi connectivity index (χ3v) is 2.30. The summed E-state index contributed by atoms with van der Waals surface area (Å²) >= 11 is 0. The summed E-state index contributed by atoms with van der Waals surface area (Å²) in [6.45, 7) is 2.88. The molecule has 0 heterocycles. The molecule has 1 rings (SSSR count). The molecule has 0 saturated carbocycles. The normalized spacial score (nSPS) is 12.1. The monoisotopic (exact) mass is 205 g/mol. The van der Waals surface area contributed by atoms with Crippen molar-refractivity contribution in [2.75, 3.05) is 6.54 Å². The molecule has 15 heavy (non-hydrogen) atoms. The van der Waals surface area contributed by atoms with Crippen LogP contribution in [0.5, 0.6) is 0 Å². The first-order valence-electron chi connectivity index (χ1n) is 5.16. The van der Waals surface area contributed by atoms with Crippen LogP contribution in [0.15, 0.2) is 24.3 Å². The highest BCUT2D eigenvalue weighted by Crippen LogP contribution is 2.13. The van der Waals surface area contributed by atoms with Crippen LogP contribution in [0.25, 0.3) is 0 Å². The molecule has 0 aliphatic rings. The van der Waals surface area contributed by atoms with Gasteiger partial charge in [0, 0.05) is 12.5 Å². The first-order valence-corrected chi connectivity index (χ1v) is 5.16. The Morgan fingerprint density at radius 1 is 1.53 bits per heavy atom. The van der Waals surface area contributed by atoms with Crippen molar-refractivity contribution in [3.8, 4) is 12.3 Å². The van der Waals surface area contributed by atoms with E-state index >= 15 is 0 Å². The Morgan fingerprint density at radius 2 is 2.33 bits per heavy atom. The summed E-state index contributed by atoms with van der Waals surface area (Å²) in [5.74, 6) is 2.40. The van der Waals surface area contributed by atoms with Gasteiger partial charge in [0.25, 0.3) is 0 Å². The van der Waals surface area contributed by atoms with Crippen molar-refractivity contribution in [3.63, 3.8) is 0 Å². The van der Waals surface area contributed by atoms with Gasteiger partial charge >= 0.3 is 0 Å². The van der Waals surface area contributed by atoms with Gasteiger partial charge in [0.1, 0.15) is 5.82 Å². The minimum absolute atomic E-state index is 0.165. The number of hydrogen-bond donors (Lipinski definition) is 1. The molecule has 0 bridgehead atoms. The van der Waals surface area contributed by atoms with Crippen LogP contribution in [0.3, 0.4) is 0 Å². The quantitative estimate of drug-likeness (QED) is 0.575. The van der Waals surface area contributed by atoms with Gasteiger partial charge in [-0.05, 0) is 37.6 Å². The predicted octanol–water partition coefficient (Wildman–Crippen LogP) is 2.89. The number of hydrogen-bond acceptors (Lipinski definition) is 1. The predicted molar refractivity (Wildman–Crippen MR) is 60.9 cm³/mol. The van der Waals surface area contributed by atoms with Crippen molar-refractivity contribution in [2.45, 2.75) is 25.8 Å². The number of unbranched alkanes of at least 4 members (excludes halogenated alkanes) is 1. The SMILES string of the molecule is C#CCCCN[C@@H](C)c1cccc(F)c1. The number of benzene rings is 1. The molecular weight excluding hydrogens is 189 g/mol. The van der Waals surface area contributed by atoms with E-state index in [4.69, 9.17) is 6.42 Å². The van der Waals surface area contributed by atoms with Crippen LogP contribution in [0.1, 0.15) is 31.4 Å². The summed E-state index contributed by atoms with van der Waals surface area (Å²) in [4.78, 5) is 0. The molecule has 2 heteroatoms. The lowest BCUT2D eigenvalue weighted by Gasteiger charge is -2.13. The van der Waals surface area contributed by atoms with Gasteiger partial charge in [-0.1, -0.05) is 12.1 Å². The summed E-state index contributed by atoms with van der Waals surface area (Å²) in [6, 6.07) is 6.82. The number of nitrogens with one attached hydrogen (secondary N) is 1. The third kappa shape index (κ3) is 4.14. The molecule has 1 aromatic carbocycles. The van der Waals surface area contributed by atoms with Crippen molar-refractivity contribution >= 4 is 0 Å². The second-order valence-electron chi connectivity index (χ2n) is 3.54. The zero-order valence-electron chi connectivity index (χ0n) is 8.96. The Morgan fingerprint density at radius 3 is 3.00 bits per heavy atom. The van der Waals surface area contributed by atoms with Gasteiger partial charge < -0.3 is 5.32 Å². The van der Waals surface area contributed by atoms with Crippen LogP contribution in [-0.2, 0) is 0 Å². The third-order valence-electron chi connectivity index (χ3n) is 2.30. The molecule has 1 atom stereocenters. The van der Waals surface area contributed by atoms with Crippen molar-refractivity contribution < 1.29 is 4.39 Å². The highest BCUT2D eigenvalue weighted by molar-refractivity contribution is 5.19. The van der Waals surface area contributed by atoms with Gasteiger partial charge in [0.15, 0.2) is 0 Å². The Kier molecular flexibility index (Phi) is 4.86. The molecule has 1 nitrogen and oxygen atoms in total. The Balaban J connectivity index is 2.40. The lowest BCUT2D eigenvalue weighted by atomic mass is 10.1. The van der Waals surface area contributed by atoms with Crippen molar-refractivity contribution in [1.29, 1.82) is 0 Å². The molecule has 0 spiro atoms. The Labute approximate surface area is 90.7 Å². The summed E-state index contributed by atoms with van der Waals surface area (Å²) in [5, 5.41) is 3.30. The molecular formula is C13H16FN. The fourth-order valence-electron chi connectivity index (χ4n) is 1.40. The smallest absolute Gasteiger partial charge is 0.123 e. The molecule has 1 aromatic rings. The van der Waals surface area contributed by atoms with Crippen molar-refractivity contribution in [3.05, 3.63) is 35.6 Å². The van der Waals surface area contributed by atoms with Gasteiger partial charge in [0.2, 0.25) is 0 Å². The van der Waals surface area contributed by atoms with E-state index in [-0.39, 0.29) is 11.9 Å². The van der Waals surface area contributed by atoms with Gasteiger partial charge in [-0.25, -0.2) is 4.39 Å². The fraction of sp³-hybridized carbons (Fsp3) is 0.385. The maximum atomic E-state index is 12.9. The first kappa shape index (κ1) is 11.7. The molecule has 80 valence electrons. The number of halogens is 1. The highest BCUT2D eigenvalue weighted by Gasteiger charge is 2.04. The molecule has 0 fully saturated rings. The van der Waals surface area contributed by atoms with Gasteiger partial charge in [-0.2, -0.15) is 0 Å². The van der Waals surface area contributed by atoms with Gasteiger partial charge in [0.05, 0.1) is 0 Å². The summed E-state index contributed by atoms with van der Waals surface area (Å²) in [5.41, 5.74) is 0.968. The minimum atomic E-state index is -0.190. The van der Waals surface area contributed by atoms with Gasteiger partial charge in [-0.15, -0.1) is 12.3 Å². The number of rotatable bonds is 5. The molecule has 1 N–H and O–H groups in total. The second-order valence-corrected chi connectivity index (χ2v) is 3.54. The Bertz CT molecular complexity index is 341. The maximum Gasteiger partial charge on any atom is 0.123 e. The average Bonchev–Trinajstić information content (AvgIpc) is 2.24. The van der Waals surface area contributed by atoms with E-state index < -0.39 is 0 Å². The summed E-state index contributed by atoms with van der Waals surface area (Å²) in [7, 11) is 0. The lowest BCUT2D eigenvalue weighted by molar-refractivity contribution is 0.555. The summed E-state index contributed by atoms with van der Waals surface area (Å²) < 4.78 is 12.9.